The lowest BCUT2D eigenvalue weighted by atomic mass is 10.1. The number of anilines is 1. The topological polar surface area (TPSA) is 79.3 Å². The molecular formula is C15H14N2O3. The second kappa shape index (κ2) is 5.52. The number of carboxylic acids is 1. The van der Waals surface area contributed by atoms with Gasteiger partial charge in [-0.05, 0) is 37.6 Å². The largest absolute Gasteiger partial charge is 0.478 e. The molecule has 1 aromatic carbocycles. The van der Waals surface area contributed by atoms with Crippen molar-refractivity contribution in [3.8, 4) is 0 Å². The molecule has 0 bridgehead atoms. The smallest absolute Gasteiger partial charge is 0.339 e. The Hall–Kier alpha value is -2.69. The predicted molar refractivity (Wildman–Crippen MR) is 75.1 cm³/mol. The zero-order chi connectivity index (χ0) is 14.7. The maximum Gasteiger partial charge on any atom is 0.339 e. The summed E-state index contributed by atoms with van der Waals surface area (Å²) in [4.78, 5) is 27.2. The first-order valence-electron chi connectivity index (χ1n) is 6.06. The number of aromatic carboxylic acids is 1. The number of carbonyl (C=O) groups excluding carboxylic acids is 1. The van der Waals surface area contributed by atoms with Crippen LogP contribution in [0.5, 0.6) is 0 Å². The fourth-order valence-corrected chi connectivity index (χ4v) is 1.83. The van der Waals surface area contributed by atoms with Crippen molar-refractivity contribution in [2.75, 3.05) is 5.32 Å². The molecule has 2 rings (SSSR count). The van der Waals surface area contributed by atoms with Crippen molar-refractivity contribution >= 4 is 17.7 Å². The summed E-state index contributed by atoms with van der Waals surface area (Å²) in [5.41, 5.74) is 2.25. The Morgan fingerprint density at radius 1 is 1.15 bits per heavy atom. The molecule has 0 radical (unpaired) electrons. The highest BCUT2D eigenvalue weighted by Crippen LogP contribution is 2.16. The molecule has 0 unspecified atom stereocenters. The highest BCUT2D eigenvalue weighted by molar-refractivity contribution is 6.07. The van der Waals surface area contributed by atoms with Gasteiger partial charge in [0.15, 0.2) is 0 Å². The number of aryl methyl sites for hydroxylation is 2. The van der Waals surface area contributed by atoms with Crippen molar-refractivity contribution in [3.05, 3.63) is 58.8 Å². The first-order chi connectivity index (χ1) is 9.49. The normalized spacial score (nSPS) is 10.1. The van der Waals surface area contributed by atoms with E-state index in [0.29, 0.717) is 5.56 Å². The fraction of sp³-hybridized carbons (Fsp3) is 0.133. The maximum atomic E-state index is 12.2. The molecule has 0 fully saturated rings. The van der Waals surface area contributed by atoms with Gasteiger partial charge in [0, 0.05) is 11.8 Å². The summed E-state index contributed by atoms with van der Waals surface area (Å²) in [5, 5.41) is 11.6. The molecule has 5 nitrogen and oxygen atoms in total. The molecule has 2 N–H and O–H groups in total. The van der Waals surface area contributed by atoms with Crippen molar-refractivity contribution in [2.45, 2.75) is 13.8 Å². The summed E-state index contributed by atoms with van der Waals surface area (Å²) in [5.74, 6) is -1.45. The lowest BCUT2D eigenvalue weighted by Gasteiger charge is -2.09. The quantitative estimate of drug-likeness (QED) is 0.898. The average molecular weight is 270 g/mol. The van der Waals surface area contributed by atoms with Gasteiger partial charge in [0.2, 0.25) is 0 Å². The van der Waals surface area contributed by atoms with Crippen LogP contribution in [0, 0.1) is 13.8 Å². The lowest BCUT2D eigenvalue weighted by Crippen LogP contribution is -2.17. The van der Waals surface area contributed by atoms with E-state index in [-0.39, 0.29) is 17.3 Å². The van der Waals surface area contributed by atoms with Crippen LogP contribution in [0.1, 0.15) is 31.8 Å². The summed E-state index contributed by atoms with van der Waals surface area (Å²) < 4.78 is 0. The van der Waals surface area contributed by atoms with Crippen LogP contribution in [0.2, 0.25) is 0 Å². The summed E-state index contributed by atoms with van der Waals surface area (Å²) in [6, 6.07) is 8.43. The molecule has 102 valence electrons. The van der Waals surface area contributed by atoms with Crippen LogP contribution in [0.3, 0.4) is 0 Å². The minimum Gasteiger partial charge on any atom is -0.478 e. The van der Waals surface area contributed by atoms with E-state index in [1.807, 2.05) is 26.0 Å². The molecule has 0 atom stereocenters. The van der Waals surface area contributed by atoms with E-state index in [9.17, 15) is 9.59 Å². The zero-order valence-electron chi connectivity index (χ0n) is 11.2. The van der Waals surface area contributed by atoms with Crippen molar-refractivity contribution in [1.29, 1.82) is 0 Å². The van der Waals surface area contributed by atoms with Gasteiger partial charge in [0.1, 0.15) is 11.4 Å². The molecule has 20 heavy (non-hydrogen) atoms. The number of pyridine rings is 1. The Labute approximate surface area is 116 Å². The van der Waals surface area contributed by atoms with E-state index in [4.69, 9.17) is 5.11 Å². The average Bonchev–Trinajstić information content (AvgIpc) is 2.41. The molecule has 1 heterocycles. The second-order valence-corrected chi connectivity index (χ2v) is 4.48. The molecule has 0 saturated heterocycles. The van der Waals surface area contributed by atoms with E-state index in [1.54, 1.807) is 6.07 Å². The molecule has 0 aliphatic rings. The number of amides is 1. The first kappa shape index (κ1) is 13.7. The van der Waals surface area contributed by atoms with Crippen LogP contribution in [0.4, 0.5) is 5.82 Å². The van der Waals surface area contributed by atoms with E-state index in [0.717, 1.165) is 11.1 Å². The Bertz CT molecular complexity index is 681. The van der Waals surface area contributed by atoms with Gasteiger partial charge in [-0.2, -0.15) is 0 Å². The van der Waals surface area contributed by atoms with Gasteiger partial charge in [-0.15, -0.1) is 0 Å². The van der Waals surface area contributed by atoms with Crippen LogP contribution in [0.25, 0.3) is 0 Å². The third-order valence-electron chi connectivity index (χ3n) is 2.91. The Balaban J connectivity index is 2.33. The number of nitrogens with zero attached hydrogens (tertiary/aromatic N) is 1. The van der Waals surface area contributed by atoms with Gasteiger partial charge in [-0.1, -0.05) is 17.7 Å². The predicted octanol–water partition coefficient (Wildman–Crippen LogP) is 2.65. The maximum absolute atomic E-state index is 12.2. The highest BCUT2D eigenvalue weighted by atomic mass is 16.4. The number of carboxylic acid groups (broad SMARTS) is 1. The molecule has 1 amide bonds. The number of aromatic nitrogens is 1. The number of nitrogens with one attached hydrogen (secondary N) is 1. The van der Waals surface area contributed by atoms with Crippen molar-refractivity contribution in [3.63, 3.8) is 0 Å². The lowest BCUT2D eigenvalue weighted by molar-refractivity contribution is 0.0697. The van der Waals surface area contributed by atoms with Gasteiger partial charge in [-0.25, -0.2) is 9.78 Å². The third kappa shape index (κ3) is 2.83. The van der Waals surface area contributed by atoms with Crippen molar-refractivity contribution in [2.24, 2.45) is 0 Å². The van der Waals surface area contributed by atoms with Gasteiger partial charge in [-0.3, -0.25) is 4.79 Å². The number of carbonyl (C=O) groups is 2. The van der Waals surface area contributed by atoms with Crippen molar-refractivity contribution in [1.82, 2.24) is 4.98 Å². The third-order valence-corrected chi connectivity index (χ3v) is 2.91. The molecular weight excluding hydrogens is 256 g/mol. The Kier molecular flexibility index (Phi) is 3.79. The molecule has 1 aromatic heterocycles. The Morgan fingerprint density at radius 2 is 1.90 bits per heavy atom. The SMILES string of the molecule is Cc1ccc(C)c(C(=O)Nc2ncccc2C(=O)O)c1. The highest BCUT2D eigenvalue weighted by Gasteiger charge is 2.15. The minimum atomic E-state index is -1.13. The molecule has 0 saturated carbocycles. The first-order valence-corrected chi connectivity index (χ1v) is 6.06. The van der Waals surface area contributed by atoms with Gasteiger partial charge < -0.3 is 10.4 Å². The standard InChI is InChI=1S/C15H14N2O3/c1-9-5-6-10(2)12(8-9)14(18)17-13-11(15(19)20)4-3-7-16-13/h3-8H,1-2H3,(H,19,20)(H,16,17,18). The van der Waals surface area contributed by atoms with E-state index in [1.165, 1.54) is 18.3 Å². The summed E-state index contributed by atoms with van der Waals surface area (Å²) in [6.45, 7) is 3.71. The van der Waals surface area contributed by atoms with Crippen LogP contribution < -0.4 is 5.32 Å². The number of hydrogen-bond donors (Lipinski definition) is 2. The molecule has 2 aromatic rings. The van der Waals surface area contributed by atoms with Gasteiger partial charge >= 0.3 is 5.97 Å². The number of hydrogen-bond acceptors (Lipinski definition) is 3. The van der Waals surface area contributed by atoms with Crippen LogP contribution >= 0.6 is 0 Å². The van der Waals surface area contributed by atoms with Crippen LogP contribution in [-0.2, 0) is 0 Å². The molecule has 0 spiro atoms. The summed E-state index contributed by atoms with van der Waals surface area (Å²) in [6.07, 6.45) is 1.44. The second-order valence-electron chi connectivity index (χ2n) is 4.48. The van der Waals surface area contributed by atoms with Gasteiger partial charge in [0.25, 0.3) is 5.91 Å². The van der Waals surface area contributed by atoms with Crippen LogP contribution in [0.15, 0.2) is 36.5 Å². The zero-order valence-corrected chi connectivity index (χ0v) is 11.2. The molecule has 5 heteroatoms. The summed E-state index contributed by atoms with van der Waals surface area (Å²) in [7, 11) is 0. The van der Waals surface area contributed by atoms with E-state index in [2.05, 4.69) is 10.3 Å². The molecule has 0 aliphatic carbocycles. The van der Waals surface area contributed by atoms with E-state index >= 15 is 0 Å². The number of rotatable bonds is 3. The minimum absolute atomic E-state index is 0.0360. The summed E-state index contributed by atoms with van der Waals surface area (Å²) >= 11 is 0. The Morgan fingerprint density at radius 3 is 2.60 bits per heavy atom. The van der Waals surface area contributed by atoms with Crippen molar-refractivity contribution < 1.29 is 14.7 Å². The number of benzene rings is 1. The monoisotopic (exact) mass is 270 g/mol. The fourth-order valence-electron chi connectivity index (χ4n) is 1.83. The molecule has 0 aliphatic heterocycles. The van der Waals surface area contributed by atoms with E-state index < -0.39 is 5.97 Å². The van der Waals surface area contributed by atoms with Crippen LogP contribution in [-0.4, -0.2) is 22.0 Å². The van der Waals surface area contributed by atoms with Gasteiger partial charge in [0.05, 0.1) is 0 Å².